The molecule has 0 N–H and O–H groups in total. The molecule has 0 bridgehead atoms. The summed E-state index contributed by atoms with van der Waals surface area (Å²) in [6.07, 6.45) is 0. The first-order valence-corrected chi connectivity index (χ1v) is 14.7. The van der Waals surface area contributed by atoms with Crippen LogP contribution in [0, 0.1) is 0 Å². The molecule has 7 rings (SSSR count). The third kappa shape index (κ3) is 4.97. The lowest BCUT2D eigenvalue weighted by Crippen LogP contribution is -2.49. The molecule has 1 amide bonds. The van der Waals surface area contributed by atoms with Crippen LogP contribution >= 0.6 is 0 Å². The largest absolute Gasteiger partial charge is 0.320 e. The number of anilines is 3. The summed E-state index contributed by atoms with van der Waals surface area (Å²) < 4.78 is 1.99. The number of hydrogen-bond donors (Lipinski definition) is 0. The lowest BCUT2D eigenvalue weighted by atomic mass is 10.0. The normalized spacial score (nSPS) is 15.2. The average Bonchev–Trinajstić information content (AvgIpc) is 3.57. The number of hydrogen-bond acceptors (Lipinski definition) is 5. The number of rotatable bonds is 7. The van der Waals surface area contributed by atoms with Crippen molar-refractivity contribution in [2.75, 3.05) is 23.4 Å². The van der Waals surface area contributed by atoms with Crippen molar-refractivity contribution in [3.8, 4) is 11.1 Å². The number of amides is 1. The number of carbonyl (C=O) groups is 1. The fourth-order valence-corrected chi connectivity index (χ4v) is 5.98. The van der Waals surface area contributed by atoms with Crippen LogP contribution in [0.15, 0.2) is 120 Å². The number of guanidine groups is 1. The molecule has 0 radical (unpaired) electrons. The van der Waals surface area contributed by atoms with Crippen molar-refractivity contribution in [2.24, 2.45) is 4.99 Å². The van der Waals surface area contributed by atoms with Crippen molar-refractivity contribution < 1.29 is 4.79 Å². The van der Waals surface area contributed by atoms with Gasteiger partial charge < -0.3 is 4.90 Å². The van der Waals surface area contributed by atoms with Gasteiger partial charge >= 0.3 is 0 Å². The highest BCUT2D eigenvalue weighted by Gasteiger charge is 2.46. The van der Waals surface area contributed by atoms with E-state index in [-0.39, 0.29) is 11.4 Å². The SMILES string of the molecule is CN1C(=O)c2c(N(Cc3ccccc3)c3ccccc3)nn(Cc3ccc(-c4ccccc4)cc3)c2N2CC(C)(C)N=C12. The Balaban J connectivity index is 1.36. The first kappa shape index (κ1) is 26.7. The Morgan fingerprint density at radius 2 is 1.37 bits per heavy atom. The summed E-state index contributed by atoms with van der Waals surface area (Å²) in [4.78, 5) is 25.1. The van der Waals surface area contributed by atoms with Crippen molar-refractivity contribution in [3.63, 3.8) is 0 Å². The molecular formula is C36H34N6O. The Morgan fingerprint density at radius 1 is 0.767 bits per heavy atom. The summed E-state index contributed by atoms with van der Waals surface area (Å²) in [6.45, 7) is 5.96. The molecular weight excluding hydrogens is 532 g/mol. The van der Waals surface area contributed by atoms with Crippen molar-refractivity contribution >= 4 is 29.2 Å². The van der Waals surface area contributed by atoms with Crippen LogP contribution in [0.4, 0.5) is 17.3 Å². The molecule has 0 fully saturated rings. The summed E-state index contributed by atoms with van der Waals surface area (Å²) in [7, 11) is 1.81. The van der Waals surface area contributed by atoms with E-state index in [0.717, 1.165) is 28.2 Å². The van der Waals surface area contributed by atoms with Crippen LogP contribution in [-0.2, 0) is 13.1 Å². The second-order valence-corrected chi connectivity index (χ2v) is 11.8. The molecule has 0 unspecified atom stereocenters. The van der Waals surface area contributed by atoms with Crippen LogP contribution in [0.2, 0.25) is 0 Å². The Hall–Kier alpha value is -5.17. The van der Waals surface area contributed by atoms with E-state index in [1.807, 2.05) is 54.2 Å². The fourth-order valence-electron chi connectivity index (χ4n) is 5.98. The fraction of sp³-hybridized carbons (Fsp3) is 0.194. The van der Waals surface area contributed by atoms with E-state index in [4.69, 9.17) is 10.1 Å². The molecule has 5 aromatic rings. The van der Waals surface area contributed by atoms with Gasteiger partial charge in [0.1, 0.15) is 11.4 Å². The monoisotopic (exact) mass is 566 g/mol. The van der Waals surface area contributed by atoms with Crippen LogP contribution in [0.5, 0.6) is 0 Å². The zero-order chi connectivity index (χ0) is 29.6. The third-order valence-corrected chi connectivity index (χ3v) is 8.07. The van der Waals surface area contributed by atoms with Crippen molar-refractivity contribution in [2.45, 2.75) is 32.5 Å². The van der Waals surface area contributed by atoms with Gasteiger partial charge in [-0.3, -0.25) is 14.6 Å². The molecule has 2 aliphatic heterocycles. The number of carbonyl (C=O) groups excluding carboxylic acids is 1. The molecule has 43 heavy (non-hydrogen) atoms. The Kier molecular flexibility index (Phi) is 6.58. The molecule has 0 atom stereocenters. The van der Waals surface area contributed by atoms with Gasteiger partial charge in [0.05, 0.1) is 18.6 Å². The highest BCUT2D eigenvalue weighted by atomic mass is 16.2. The van der Waals surface area contributed by atoms with E-state index in [2.05, 4.69) is 96.4 Å². The number of aliphatic imine (C=N–C) groups is 1. The van der Waals surface area contributed by atoms with Gasteiger partial charge in [0.2, 0.25) is 5.96 Å². The molecule has 4 aromatic carbocycles. The second kappa shape index (κ2) is 10.6. The van der Waals surface area contributed by atoms with Crippen LogP contribution in [0.3, 0.4) is 0 Å². The van der Waals surface area contributed by atoms with E-state index in [1.165, 1.54) is 5.56 Å². The zero-order valence-corrected chi connectivity index (χ0v) is 24.7. The molecule has 0 saturated heterocycles. The molecule has 7 heteroatoms. The van der Waals surface area contributed by atoms with E-state index >= 15 is 0 Å². The lowest BCUT2D eigenvalue weighted by molar-refractivity contribution is 0.0866. The molecule has 0 saturated carbocycles. The Bertz CT molecular complexity index is 1790. The smallest absolute Gasteiger partial charge is 0.267 e. The van der Waals surface area contributed by atoms with E-state index in [1.54, 1.807) is 4.90 Å². The number of para-hydroxylation sites is 1. The van der Waals surface area contributed by atoms with Gasteiger partial charge in [-0.2, -0.15) is 5.10 Å². The highest BCUT2D eigenvalue weighted by Crippen LogP contribution is 2.42. The van der Waals surface area contributed by atoms with Gasteiger partial charge in [-0.05, 0) is 48.2 Å². The first-order chi connectivity index (χ1) is 20.9. The minimum Gasteiger partial charge on any atom is -0.320 e. The third-order valence-electron chi connectivity index (χ3n) is 8.07. The standard InChI is InChI=1S/C36H34N6O/c1-36(2)25-41-33-31(34(43)39(3)35(41)37-36)32(40(30-17-11-6-12-18-30)23-26-13-7-4-8-14-26)38-42(33)24-27-19-21-29(22-20-27)28-15-9-5-10-16-28/h4-22H,23-25H2,1-3H3. The van der Waals surface area contributed by atoms with Gasteiger partial charge in [0.25, 0.3) is 5.91 Å². The summed E-state index contributed by atoms with van der Waals surface area (Å²) in [6, 6.07) is 39.5. The van der Waals surface area contributed by atoms with Crippen LogP contribution in [0.25, 0.3) is 11.1 Å². The van der Waals surface area contributed by atoms with Gasteiger partial charge in [-0.15, -0.1) is 0 Å². The van der Waals surface area contributed by atoms with Gasteiger partial charge in [-0.1, -0.05) is 103 Å². The predicted octanol–water partition coefficient (Wildman–Crippen LogP) is 6.98. The van der Waals surface area contributed by atoms with E-state index in [0.29, 0.717) is 37.0 Å². The first-order valence-electron chi connectivity index (χ1n) is 14.7. The second-order valence-electron chi connectivity index (χ2n) is 11.8. The summed E-state index contributed by atoms with van der Waals surface area (Å²) in [5.41, 5.74) is 5.82. The van der Waals surface area contributed by atoms with Crippen molar-refractivity contribution in [3.05, 3.63) is 132 Å². The predicted molar refractivity (Wildman–Crippen MR) is 173 cm³/mol. The number of benzene rings is 4. The number of fused-ring (bicyclic) bond motifs is 3. The molecule has 3 heterocycles. The van der Waals surface area contributed by atoms with E-state index < -0.39 is 0 Å². The van der Waals surface area contributed by atoms with Crippen LogP contribution in [0.1, 0.15) is 35.3 Å². The molecule has 2 aliphatic rings. The van der Waals surface area contributed by atoms with Crippen molar-refractivity contribution in [1.29, 1.82) is 0 Å². The summed E-state index contributed by atoms with van der Waals surface area (Å²) in [5.74, 6) is 2.01. The van der Waals surface area contributed by atoms with Gasteiger partial charge in [0.15, 0.2) is 5.82 Å². The highest BCUT2D eigenvalue weighted by molar-refractivity contribution is 6.21. The quantitative estimate of drug-likeness (QED) is 0.213. The molecule has 0 aliphatic carbocycles. The van der Waals surface area contributed by atoms with Crippen LogP contribution in [-0.4, -0.2) is 45.7 Å². The van der Waals surface area contributed by atoms with E-state index in [9.17, 15) is 4.79 Å². The van der Waals surface area contributed by atoms with Crippen LogP contribution < -0.4 is 9.80 Å². The molecule has 1 aromatic heterocycles. The molecule has 214 valence electrons. The van der Waals surface area contributed by atoms with Gasteiger partial charge in [-0.25, -0.2) is 9.67 Å². The average molecular weight is 567 g/mol. The minimum atomic E-state index is -0.332. The topological polar surface area (TPSA) is 57.0 Å². The van der Waals surface area contributed by atoms with Gasteiger partial charge in [0, 0.05) is 19.3 Å². The zero-order valence-electron chi connectivity index (χ0n) is 24.7. The Labute approximate surface area is 252 Å². The maximum Gasteiger partial charge on any atom is 0.267 e. The molecule has 7 nitrogen and oxygen atoms in total. The molecule has 0 spiro atoms. The number of aromatic nitrogens is 2. The minimum absolute atomic E-state index is 0.0997. The Morgan fingerprint density at radius 3 is 2.05 bits per heavy atom. The summed E-state index contributed by atoms with van der Waals surface area (Å²) >= 11 is 0. The number of nitrogens with zero attached hydrogens (tertiary/aromatic N) is 6. The lowest BCUT2D eigenvalue weighted by Gasteiger charge is -2.33. The maximum atomic E-state index is 14.2. The summed E-state index contributed by atoms with van der Waals surface area (Å²) in [5, 5.41) is 5.23. The maximum absolute atomic E-state index is 14.2. The van der Waals surface area contributed by atoms with Crippen molar-refractivity contribution in [1.82, 2.24) is 14.7 Å².